The Morgan fingerprint density at radius 2 is 1.87 bits per heavy atom. The van der Waals surface area contributed by atoms with Crippen molar-refractivity contribution in [3.05, 3.63) is 45.0 Å². The van der Waals surface area contributed by atoms with Crippen molar-refractivity contribution in [1.29, 1.82) is 0 Å². The molecule has 0 saturated heterocycles. The maximum absolute atomic E-state index is 11.8. The zero-order valence-electron chi connectivity index (χ0n) is 7.87. The Labute approximate surface area is 90.1 Å². The molecule has 0 aliphatic rings. The summed E-state index contributed by atoms with van der Waals surface area (Å²) in [5.41, 5.74) is -0.485. The molecule has 5 heteroatoms. The van der Waals surface area contributed by atoms with Crippen molar-refractivity contribution in [2.45, 2.75) is 6.54 Å². The quantitative estimate of drug-likeness (QED) is 0.772. The third kappa shape index (κ3) is 1.68. The molecule has 2 aromatic rings. The van der Waals surface area contributed by atoms with E-state index in [1.165, 1.54) is 4.68 Å². The highest BCUT2D eigenvalue weighted by Gasteiger charge is 2.05. The fourth-order valence-corrected chi connectivity index (χ4v) is 1.66. The van der Waals surface area contributed by atoms with Crippen LogP contribution in [-0.2, 0) is 6.54 Å². The highest BCUT2D eigenvalue weighted by Crippen LogP contribution is 2.02. The van der Waals surface area contributed by atoms with Crippen LogP contribution in [0, 0.1) is 0 Å². The molecule has 0 amide bonds. The molecule has 0 spiro atoms. The number of nitrogens with zero attached hydrogens (tertiary/aromatic N) is 1. The van der Waals surface area contributed by atoms with Gasteiger partial charge in [0.05, 0.1) is 17.3 Å². The maximum atomic E-state index is 11.8. The minimum Gasteiger partial charge on any atom is -0.267 e. The summed E-state index contributed by atoms with van der Waals surface area (Å²) in [6.07, 6.45) is 0. The number of fused-ring (bicyclic) bond motifs is 1. The number of H-pyrrole nitrogens is 1. The van der Waals surface area contributed by atoms with Crippen LogP contribution in [0.5, 0.6) is 0 Å². The largest absolute Gasteiger partial charge is 0.273 e. The van der Waals surface area contributed by atoms with E-state index >= 15 is 0 Å². The van der Waals surface area contributed by atoms with E-state index in [-0.39, 0.29) is 17.0 Å². The predicted octanol–water partition coefficient (Wildman–Crippen LogP) is 0.929. The summed E-state index contributed by atoms with van der Waals surface area (Å²) in [6, 6.07) is 6.72. The molecular formula is C10H9ClN2O2. The van der Waals surface area contributed by atoms with Gasteiger partial charge in [0, 0.05) is 5.88 Å². The maximum Gasteiger partial charge on any atom is 0.273 e. The Balaban J connectivity index is 2.85. The van der Waals surface area contributed by atoms with Gasteiger partial charge in [0.15, 0.2) is 0 Å². The normalized spacial score (nSPS) is 10.7. The highest BCUT2D eigenvalue weighted by molar-refractivity contribution is 6.17. The first kappa shape index (κ1) is 9.98. The molecule has 78 valence electrons. The van der Waals surface area contributed by atoms with Crippen LogP contribution >= 0.6 is 11.6 Å². The lowest BCUT2D eigenvalue weighted by Crippen LogP contribution is -2.30. The second-order valence-electron chi connectivity index (χ2n) is 3.13. The van der Waals surface area contributed by atoms with E-state index in [1.54, 1.807) is 24.3 Å². The van der Waals surface area contributed by atoms with Gasteiger partial charge in [0.1, 0.15) is 0 Å². The van der Waals surface area contributed by atoms with E-state index < -0.39 is 0 Å². The molecule has 0 bridgehead atoms. The average molecular weight is 225 g/mol. The van der Waals surface area contributed by atoms with Gasteiger partial charge in [-0.05, 0) is 12.1 Å². The molecule has 1 heterocycles. The third-order valence-corrected chi connectivity index (χ3v) is 2.36. The number of aryl methyl sites for hydroxylation is 1. The molecule has 0 unspecified atom stereocenters. The van der Waals surface area contributed by atoms with Crippen molar-refractivity contribution in [2.75, 3.05) is 5.88 Å². The van der Waals surface area contributed by atoms with E-state index in [4.69, 9.17) is 11.6 Å². The van der Waals surface area contributed by atoms with Crippen molar-refractivity contribution in [1.82, 2.24) is 9.78 Å². The highest BCUT2D eigenvalue weighted by atomic mass is 35.5. The van der Waals surface area contributed by atoms with Gasteiger partial charge in [0.25, 0.3) is 11.1 Å². The number of hydrogen-bond acceptors (Lipinski definition) is 2. The van der Waals surface area contributed by atoms with Crippen LogP contribution in [0.25, 0.3) is 10.8 Å². The van der Waals surface area contributed by atoms with Crippen LogP contribution in [0.3, 0.4) is 0 Å². The number of benzene rings is 1. The van der Waals surface area contributed by atoms with Crippen LogP contribution in [-0.4, -0.2) is 15.7 Å². The molecule has 0 saturated carbocycles. The fraction of sp³-hybridized carbons (Fsp3) is 0.200. The van der Waals surface area contributed by atoms with Crippen LogP contribution in [0.4, 0.5) is 0 Å². The Bertz CT molecular complexity index is 600. The average Bonchev–Trinajstić information content (AvgIpc) is 2.26. The summed E-state index contributed by atoms with van der Waals surface area (Å²) in [7, 11) is 0. The zero-order valence-corrected chi connectivity index (χ0v) is 8.62. The Morgan fingerprint density at radius 1 is 1.20 bits per heavy atom. The van der Waals surface area contributed by atoms with Gasteiger partial charge in [-0.3, -0.25) is 14.7 Å². The molecule has 1 aromatic carbocycles. The van der Waals surface area contributed by atoms with Crippen molar-refractivity contribution < 1.29 is 0 Å². The SMILES string of the molecule is O=c1[nH]n(CCCl)c(=O)c2ccccc12. The third-order valence-electron chi connectivity index (χ3n) is 2.19. The standard InChI is InChI=1S/C10H9ClN2O2/c11-5-6-13-10(15)8-4-2-1-3-7(8)9(14)12-13/h1-4H,5-6H2,(H,12,14). The molecule has 15 heavy (non-hydrogen) atoms. The number of alkyl halides is 1. The monoisotopic (exact) mass is 224 g/mol. The van der Waals surface area contributed by atoms with Crippen molar-refractivity contribution in [3.8, 4) is 0 Å². The molecule has 0 fully saturated rings. The summed E-state index contributed by atoms with van der Waals surface area (Å²) in [6.45, 7) is 0.306. The summed E-state index contributed by atoms with van der Waals surface area (Å²) in [5, 5.41) is 3.32. The minimum atomic E-state index is -0.268. The summed E-state index contributed by atoms with van der Waals surface area (Å²) in [4.78, 5) is 23.4. The van der Waals surface area contributed by atoms with Gasteiger partial charge in [-0.2, -0.15) is 0 Å². The van der Waals surface area contributed by atoms with Crippen molar-refractivity contribution in [2.24, 2.45) is 0 Å². The molecule has 0 aliphatic heterocycles. The van der Waals surface area contributed by atoms with Crippen LogP contribution in [0.15, 0.2) is 33.9 Å². The Kier molecular flexibility index (Phi) is 2.60. The Morgan fingerprint density at radius 3 is 2.53 bits per heavy atom. The molecule has 2 rings (SSSR count). The lowest BCUT2D eigenvalue weighted by atomic mass is 10.2. The molecule has 1 aromatic heterocycles. The molecule has 0 atom stereocenters. The molecule has 0 radical (unpaired) electrons. The summed E-state index contributed by atoms with van der Waals surface area (Å²) in [5.74, 6) is 0.286. The lowest BCUT2D eigenvalue weighted by molar-refractivity contribution is 0.617. The number of halogens is 1. The summed E-state index contributed by atoms with van der Waals surface area (Å²) >= 11 is 5.53. The minimum absolute atomic E-state index is 0.217. The van der Waals surface area contributed by atoms with Crippen molar-refractivity contribution >= 4 is 22.4 Å². The van der Waals surface area contributed by atoms with Gasteiger partial charge in [0.2, 0.25) is 0 Å². The number of hydrogen-bond donors (Lipinski definition) is 1. The van der Waals surface area contributed by atoms with Gasteiger partial charge in [-0.1, -0.05) is 12.1 Å². The zero-order chi connectivity index (χ0) is 10.8. The first-order valence-electron chi connectivity index (χ1n) is 4.52. The van der Waals surface area contributed by atoms with Crippen LogP contribution in [0.2, 0.25) is 0 Å². The Hall–Kier alpha value is -1.55. The fourth-order valence-electron chi connectivity index (χ4n) is 1.49. The number of rotatable bonds is 2. The van der Waals surface area contributed by atoms with E-state index in [9.17, 15) is 9.59 Å². The molecule has 0 aliphatic carbocycles. The van der Waals surface area contributed by atoms with E-state index in [0.29, 0.717) is 17.3 Å². The molecule has 4 nitrogen and oxygen atoms in total. The van der Waals surface area contributed by atoms with E-state index in [1.807, 2.05) is 0 Å². The molecular weight excluding hydrogens is 216 g/mol. The number of nitrogens with one attached hydrogen (secondary N) is 1. The lowest BCUT2D eigenvalue weighted by Gasteiger charge is -2.03. The first-order chi connectivity index (χ1) is 7.24. The molecule has 1 N–H and O–H groups in total. The summed E-state index contributed by atoms with van der Waals surface area (Å²) < 4.78 is 1.23. The smallest absolute Gasteiger partial charge is 0.267 e. The van der Waals surface area contributed by atoms with Gasteiger partial charge < -0.3 is 0 Å². The van der Waals surface area contributed by atoms with Gasteiger partial charge in [-0.25, -0.2) is 4.68 Å². The first-order valence-corrected chi connectivity index (χ1v) is 5.05. The second kappa shape index (κ2) is 3.90. The van der Waals surface area contributed by atoms with Gasteiger partial charge in [-0.15, -0.1) is 11.6 Å². The number of aromatic amines is 1. The van der Waals surface area contributed by atoms with Crippen LogP contribution in [0.1, 0.15) is 0 Å². The van der Waals surface area contributed by atoms with Crippen LogP contribution < -0.4 is 11.1 Å². The predicted molar refractivity (Wildman–Crippen MR) is 59.5 cm³/mol. The second-order valence-corrected chi connectivity index (χ2v) is 3.51. The van der Waals surface area contributed by atoms with Crippen molar-refractivity contribution in [3.63, 3.8) is 0 Å². The topological polar surface area (TPSA) is 54.9 Å². The van der Waals surface area contributed by atoms with E-state index in [0.717, 1.165) is 0 Å². The number of aromatic nitrogens is 2. The van der Waals surface area contributed by atoms with Gasteiger partial charge >= 0.3 is 0 Å². The van der Waals surface area contributed by atoms with E-state index in [2.05, 4.69) is 5.10 Å².